The van der Waals surface area contributed by atoms with E-state index in [0.717, 1.165) is 35.3 Å². The highest BCUT2D eigenvalue weighted by Gasteiger charge is 2.36. The van der Waals surface area contributed by atoms with E-state index in [9.17, 15) is 8.78 Å². The van der Waals surface area contributed by atoms with Gasteiger partial charge in [0.15, 0.2) is 5.82 Å². The molecule has 0 spiro atoms. The quantitative estimate of drug-likeness (QED) is 0.259. The Labute approximate surface area is 216 Å². The standard InChI is InChI=1S/C27H36F2N8/c1-6-8-10-22-30-25(27(28,29)16-9-7-2)33-37(22)18-19-11-13-20(14-12-19)36-17-15-21(26(3,4)5)23(36)24-31-34-35-32-24/h11-15,17H,6-10,16,18H2,1-5H3,(H,31,32,34,35). The summed E-state index contributed by atoms with van der Waals surface area (Å²) in [7, 11) is 0. The number of nitrogens with one attached hydrogen (secondary N) is 1. The minimum absolute atomic E-state index is 0.105. The average Bonchev–Trinajstić information content (AvgIpc) is 3.61. The summed E-state index contributed by atoms with van der Waals surface area (Å²) in [6.07, 6.45) is 5.39. The maximum atomic E-state index is 14.7. The molecule has 0 aliphatic rings. The monoisotopic (exact) mass is 510 g/mol. The van der Waals surface area contributed by atoms with Crippen molar-refractivity contribution in [2.24, 2.45) is 0 Å². The van der Waals surface area contributed by atoms with E-state index < -0.39 is 5.92 Å². The molecular formula is C27H36F2N8. The van der Waals surface area contributed by atoms with E-state index in [1.165, 1.54) is 0 Å². The molecule has 4 rings (SSSR count). The molecular weight excluding hydrogens is 474 g/mol. The fraction of sp³-hybridized carbons (Fsp3) is 0.519. The summed E-state index contributed by atoms with van der Waals surface area (Å²) in [5.74, 6) is -2.18. The molecule has 0 fully saturated rings. The number of benzene rings is 1. The minimum Gasteiger partial charge on any atom is -0.313 e. The lowest BCUT2D eigenvalue weighted by Gasteiger charge is -2.20. The van der Waals surface area contributed by atoms with E-state index in [1.807, 2.05) is 37.4 Å². The maximum Gasteiger partial charge on any atom is 0.308 e. The number of H-pyrrole nitrogens is 1. The lowest BCUT2D eigenvalue weighted by Crippen LogP contribution is -2.16. The van der Waals surface area contributed by atoms with E-state index >= 15 is 0 Å². The van der Waals surface area contributed by atoms with Crippen molar-refractivity contribution in [3.63, 3.8) is 0 Å². The first-order valence-corrected chi connectivity index (χ1v) is 13.0. The van der Waals surface area contributed by atoms with Gasteiger partial charge in [0.25, 0.3) is 0 Å². The number of hydrogen-bond acceptors (Lipinski definition) is 5. The number of nitrogens with zero attached hydrogens (tertiary/aromatic N) is 7. The maximum absolute atomic E-state index is 14.7. The summed E-state index contributed by atoms with van der Waals surface area (Å²) in [5.41, 5.74) is 3.83. The summed E-state index contributed by atoms with van der Waals surface area (Å²) in [6.45, 7) is 10.8. The van der Waals surface area contributed by atoms with Crippen LogP contribution in [0.5, 0.6) is 0 Å². The highest BCUT2D eigenvalue weighted by molar-refractivity contribution is 5.62. The smallest absolute Gasteiger partial charge is 0.308 e. The van der Waals surface area contributed by atoms with Gasteiger partial charge in [0.1, 0.15) is 5.82 Å². The van der Waals surface area contributed by atoms with Gasteiger partial charge in [-0.15, -0.1) is 10.2 Å². The molecule has 3 aromatic heterocycles. The van der Waals surface area contributed by atoms with Crippen LogP contribution in [0.15, 0.2) is 36.5 Å². The van der Waals surface area contributed by atoms with Crippen LogP contribution in [0.25, 0.3) is 17.2 Å². The molecule has 0 saturated heterocycles. The van der Waals surface area contributed by atoms with Crippen LogP contribution in [-0.4, -0.2) is 40.0 Å². The Kier molecular flexibility index (Phi) is 7.85. The molecule has 198 valence electrons. The summed E-state index contributed by atoms with van der Waals surface area (Å²) >= 11 is 0. The van der Waals surface area contributed by atoms with Gasteiger partial charge in [0, 0.05) is 24.7 Å². The van der Waals surface area contributed by atoms with Crippen molar-refractivity contribution in [3.8, 4) is 17.2 Å². The number of unbranched alkanes of at least 4 members (excludes halogenated alkanes) is 2. The molecule has 0 aliphatic carbocycles. The third-order valence-electron chi connectivity index (χ3n) is 6.48. The van der Waals surface area contributed by atoms with E-state index in [-0.39, 0.29) is 17.7 Å². The van der Waals surface area contributed by atoms with Crippen LogP contribution >= 0.6 is 0 Å². The number of tetrazole rings is 1. The summed E-state index contributed by atoms with van der Waals surface area (Å²) in [6, 6.07) is 10.1. The fourth-order valence-electron chi connectivity index (χ4n) is 4.38. The van der Waals surface area contributed by atoms with Crippen LogP contribution in [0.2, 0.25) is 0 Å². The Hall–Kier alpha value is -3.43. The zero-order chi connectivity index (χ0) is 26.6. The normalized spacial score (nSPS) is 12.4. The Balaban J connectivity index is 1.62. The third-order valence-corrected chi connectivity index (χ3v) is 6.48. The molecule has 0 saturated carbocycles. The van der Waals surface area contributed by atoms with Crippen LogP contribution in [0, 0.1) is 0 Å². The SMILES string of the molecule is CCCCc1nc(C(F)(F)CCCC)nn1Cc1ccc(-n2ccc(C(C)(C)C)c2-c2nnn[nH]2)cc1. The largest absolute Gasteiger partial charge is 0.313 e. The second-order valence-electron chi connectivity index (χ2n) is 10.5. The van der Waals surface area contributed by atoms with Crippen molar-refractivity contribution >= 4 is 0 Å². The Bertz CT molecular complexity index is 1280. The topological polar surface area (TPSA) is 90.1 Å². The molecule has 3 heterocycles. The van der Waals surface area contributed by atoms with Gasteiger partial charge >= 0.3 is 5.92 Å². The number of aryl methyl sites for hydroxylation is 1. The average molecular weight is 511 g/mol. The molecule has 0 atom stereocenters. The van der Waals surface area contributed by atoms with Gasteiger partial charge in [-0.2, -0.15) is 8.78 Å². The zero-order valence-corrected chi connectivity index (χ0v) is 22.3. The van der Waals surface area contributed by atoms with Gasteiger partial charge in [-0.1, -0.05) is 59.6 Å². The van der Waals surface area contributed by atoms with Gasteiger partial charge in [-0.05, 0) is 58.0 Å². The van der Waals surface area contributed by atoms with Gasteiger partial charge in [0.2, 0.25) is 5.82 Å². The van der Waals surface area contributed by atoms with Crippen LogP contribution in [0.3, 0.4) is 0 Å². The number of hydrogen-bond donors (Lipinski definition) is 1. The van der Waals surface area contributed by atoms with E-state index in [2.05, 4.69) is 69.0 Å². The number of rotatable bonds is 11. The number of halogens is 2. The zero-order valence-electron chi connectivity index (χ0n) is 22.3. The molecule has 0 bridgehead atoms. The van der Waals surface area contributed by atoms with Gasteiger partial charge in [-0.3, -0.25) is 0 Å². The van der Waals surface area contributed by atoms with E-state index in [4.69, 9.17) is 0 Å². The highest BCUT2D eigenvalue weighted by atomic mass is 19.3. The summed E-state index contributed by atoms with van der Waals surface area (Å²) < 4.78 is 33.1. The van der Waals surface area contributed by atoms with Crippen LogP contribution in [-0.2, 0) is 24.3 Å². The number of aromatic nitrogens is 8. The first-order chi connectivity index (χ1) is 17.6. The molecule has 0 aliphatic heterocycles. The fourth-order valence-corrected chi connectivity index (χ4v) is 4.38. The molecule has 37 heavy (non-hydrogen) atoms. The van der Waals surface area contributed by atoms with Crippen molar-refractivity contribution in [1.82, 2.24) is 40.0 Å². The lowest BCUT2D eigenvalue weighted by atomic mass is 9.87. The van der Waals surface area contributed by atoms with Crippen LogP contribution in [0.4, 0.5) is 8.78 Å². The summed E-state index contributed by atoms with van der Waals surface area (Å²) in [4.78, 5) is 4.27. The van der Waals surface area contributed by atoms with Gasteiger partial charge in [0.05, 0.1) is 12.2 Å². The first kappa shape index (κ1) is 26.6. The van der Waals surface area contributed by atoms with Crippen molar-refractivity contribution in [1.29, 1.82) is 0 Å². The minimum atomic E-state index is -3.02. The third kappa shape index (κ3) is 5.94. The van der Waals surface area contributed by atoms with Gasteiger partial charge < -0.3 is 4.57 Å². The second kappa shape index (κ2) is 10.9. The lowest BCUT2D eigenvalue weighted by molar-refractivity contribution is -0.0245. The molecule has 10 heteroatoms. The van der Waals surface area contributed by atoms with E-state index in [1.54, 1.807) is 4.68 Å². The summed E-state index contributed by atoms with van der Waals surface area (Å²) in [5, 5.41) is 18.8. The first-order valence-electron chi connectivity index (χ1n) is 13.0. The van der Waals surface area contributed by atoms with Crippen molar-refractivity contribution in [2.75, 3.05) is 0 Å². The van der Waals surface area contributed by atoms with Crippen LogP contribution < -0.4 is 0 Å². The second-order valence-corrected chi connectivity index (χ2v) is 10.5. The molecule has 1 N–H and O–H groups in total. The highest BCUT2D eigenvalue weighted by Crippen LogP contribution is 2.34. The Morgan fingerprint density at radius 2 is 1.70 bits per heavy atom. The van der Waals surface area contributed by atoms with Crippen molar-refractivity contribution < 1.29 is 8.78 Å². The Morgan fingerprint density at radius 3 is 2.32 bits per heavy atom. The molecule has 0 amide bonds. The van der Waals surface area contributed by atoms with Gasteiger partial charge in [-0.25, -0.2) is 14.8 Å². The number of alkyl halides is 2. The van der Waals surface area contributed by atoms with Crippen molar-refractivity contribution in [3.05, 3.63) is 59.3 Å². The molecule has 4 aromatic rings. The molecule has 1 aromatic carbocycles. The van der Waals surface area contributed by atoms with Crippen LogP contribution in [0.1, 0.15) is 89.5 Å². The number of aromatic amines is 1. The van der Waals surface area contributed by atoms with E-state index in [0.29, 0.717) is 37.5 Å². The molecule has 0 unspecified atom stereocenters. The Morgan fingerprint density at radius 1 is 0.973 bits per heavy atom. The molecule has 8 nitrogen and oxygen atoms in total. The predicted octanol–water partition coefficient (Wildman–Crippen LogP) is 6.22. The predicted molar refractivity (Wildman–Crippen MR) is 139 cm³/mol. The molecule has 0 radical (unpaired) electrons. The van der Waals surface area contributed by atoms with Crippen molar-refractivity contribution in [2.45, 2.75) is 91.0 Å².